The summed E-state index contributed by atoms with van der Waals surface area (Å²) in [7, 11) is 0. The van der Waals surface area contributed by atoms with Crippen molar-refractivity contribution in [2.75, 3.05) is 18.5 Å². The van der Waals surface area contributed by atoms with E-state index in [0.717, 1.165) is 0 Å². The number of carbonyl (C=O) groups is 1. The molecule has 2 aromatic heterocycles. The normalized spacial score (nSPS) is 10.1. The first-order chi connectivity index (χ1) is 8.79. The van der Waals surface area contributed by atoms with Gasteiger partial charge in [-0.1, -0.05) is 0 Å². The predicted octanol–water partition coefficient (Wildman–Crippen LogP) is 1.71. The van der Waals surface area contributed by atoms with E-state index in [1.165, 1.54) is 6.33 Å². The molecule has 94 valence electrons. The number of anilines is 1. The van der Waals surface area contributed by atoms with Gasteiger partial charge in [0.05, 0.1) is 12.9 Å². The molecule has 6 heteroatoms. The average Bonchev–Trinajstić information content (AvgIpc) is 2.91. The lowest BCUT2D eigenvalue weighted by Gasteiger charge is -2.05. The largest absolute Gasteiger partial charge is 0.465 e. The van der Waals surface area contributed by atoms with Gasteiger partial charge in [-0.25, -0.2) is 9.97 Å². The molecule has 0 aliphatic rings. The number of rotatable bonds is 5. The van der Waals surface area contributed by atoms with Crippen molar-refractivity contribution in [1.82, 2.24) is 9.97 Å². The van der Waals surface area contributed by atoms with Gasteiger partial charge in [0.2, 0.25) is 0 Å². The molecule has 0 spiro atoms. The van der Waals surface area contributed by atoms with Crippen molar-refractivity contribution in [3.63, 3.8) is 0 Å². The van der Waals surface area contributed by atoms with Crippen molar-refractivity contribution >= 4 is 11.8 Å². The van der Waals surface area contributed by atoms with Crippen LogP contribution in [0.1, 0.15) is 6.92 Å². The van der Waals surface area contributed by atoms with Crippen molar-refractivity contribution < 1.29 is 13.9 Å². The number of nitrogens with zero attached hydrogens (tertiary/aromatic N) is 2. The second kappa shape index (κ2) is 5.81. The summed E-state index contributed by atoms with van der Waals surface area (Å²) in [6, 6.07) is 5.29. The zero-order chi connectivity index (χ0) is 12.8. The van der Waals surface area contributed by atoms with Gasteiger partial charge in [0.15, 0.2) is 5.76 Å². The highest BCUT2D eigenvalue weighted by Gasteiger charge is 2.06. The Balaban J connectivity index is 2.02. The maximum Gasteiger partial charge on any atom is 0.325 e. The van der Waals surface area contributed by atoms with E-state index in [-0.39, 0.29) is 12.5 Å². The van der Waals surface area contributed by atoms with E-state index < -0.39 is 0 Å². The lowest BCUT2D eigenvalue weighted by Crippen LogP contribution is -2.17. The van der Waals surface area contributed by atoms with Crippen LogP contribution in [0.2, 0.25) is 0 Å². The summed E-state index contributed by atoms with van der Waals surface area (Å²) in [6.07, 6.45) is 2.98. The highest BCUT2D eigenvalue weighted by molar-refractivity contribution is 5.74. The summed E-state index contributed by atoms with van der Waals surface area (Å²) >= 11 is 0. The van der Waals surface area contributed by atoms with Crippen LogP contribution in [-0.2, 0) is 9.53 Å². The van der Waals surface area contributed by atoms with Crippen molar-refractivity contribution in [2.24, 2.45) is 0 Å². The van der Waals surface area contributed by atoms with E-state index >= 15 is 0 Å². The number of hydrogen-bond donors (Lipinski definition) is 1. The third-order valence-electron chi connectivity index (χ3n) is 2.16. The second-order valence-corrected chi connectivity index (χ2v) is 3.42. The van der Waals surface area contributed by atoms with Crippen molar-refractivity contribution in [3.8, 4) is 11.5 Å². The molecule has 18 heavy (non-hydrogen) atoms. The summed E-state index contributed by atoms with van der Waals surface area (Å²) in [5.41, 5.74) is 0.654. The minimum atomic E-state index is -0.323. The van der Waals surface area contributed by atoms with Gasteiger partial charge in [0.25, 0.3) is 0 Å². The molecule has 0 aliphatic carbocycles. The lowest BCUT2D eigenvalue weighted by molar-refractivity contribution is -0.140. The Labute approximate surface area is 104 Å². The number of carbonyl (C=O) groups excluding carboxylic acids is 1. The average molecular weight is 247 g/mol. The standard InChI is InChI=1S/C12H13N3O3/c1-2-17-12(16)7-13-11-6-9(14-8-15-11)10-4-3-5-18-10/h3-6,8H,2,7H2,1H3,(H,13,14,15). The summed E-state index contributed by atoms with van der Waals surface area (Å²) in [5.74, 6) is 0.872. The van der Waals surface area contributed by atoms with Gasteiger partial charge in [-0.05, 0) is 19.1 Å². The number of esters is 1. The van der Waals surface area contributed by atoms with Crippen molar-refractivity contribution in [1.29, 1.82) is 0 Å². The number of aromatic nitrogens is 2. The number of ether oxygens (including phenoxy) is 1. The van der Waals surface area contributed by atoms with Gasteiger partial charge in [-0.3, -0.25) is 4.79 Å². The molecule has 0 unspecified atom stereocenters. The van der Waals surface area contributed by atoms with Gasteiger partial charge in [-0.15, -0.1) is 0 Å². The SMILES string of the molecule is CCOC(=O)CNc1cc(-c2ccco2)ncn1. The fourth-order valence-electron chi connectivity index (χ4n) is 1.39. The minimum absolute atomic E-state index is 0.0719. The molecule has 0 fully saturated rings. The third-order valence-corrected chi connectivity index (χ3v) is 2.16. The van der Waals surface area contributed by atoms with E-state index in [4.69, 9.17) is 9.15 Å². The zero-order valence-electron chi connectivity index (χ0n) is 9.92. The number of nitrogens with one attached hydrogen (secondary N) is 1. The summed E-state index contributed by atoms with van der Waals surface area (Å²) < 4.78 is 10.0. The van der Waals surface area contributed by atoms with E-state index in [1.54, 1.807) is 31.4 Å². The zero-order valence-corrected chi connectivity index (χ0v) is 9.92. The Morgan fingerprint density at radius 1 is 1.50 bits per heavy atom. The van der Waals surface area contributed by atoms with Gasteiger partial charge in [0.1, 0.15) is 24.4 Å². The second-order valence-electron chi connectivity index (χ2n) is 3.42. The Bertz CT molecular complexity index is 511. The lowest BCUT2D eigenvalue weighted by atomic mass is 10.3. The molecule has 0 saturated carbocycles. The molecule has 0 amide bonds. The minimum Gasteiger partial charge on any atom is -0.465 e. The topological polar surface area (TPSA) is 77.2 Å². The maximum atomic E-state index is 11.2. The highest BCUT2D eigenvalue weighted by atomic mass is 16.5. The van der Waals surface area contributed by atoms with Gasteiger partial charge >= 0.3 is 5.97 Å². The van der Waals surface area contributed by atoms with Crippen LogP contribution in [0, 0.1) is 0 Å². The first-order valence-electron chi connectivity index (χ1n) is 5.55. The van der Waals surface area contributed by atoms with Crippen LogP contribution in [0.15, 0.2) is 35.2 Å². The van der Waals surface area contributed by atoms with Gasteiger partial charge < -0.3 is 14.5 Å². The van der Waals surface area contributed by atoms with E-state index in [9.17, 15) is 4.79 Å². The number of furan rings is 1. The maximum absolute atomic E-state index is 11.2. The summed E-state index contributed by atoms with van der Waals surface area (Å²) in [4.78, 5) is 19.3. The van der Waals surface area contributed by atoms with Crippen LogP contribution in [0.4, 0.5) is 5.82 Å². The van der Waals surface area contributed by atoms with Gasteiger partial charge in [-0.2, -0.15) is 0 Å². The molecule has 0 saturated heterocycles. The van der Waals surface area contributed by atoms with Crippen LogP contribution in [-0.4, -0.2) is 29.1 Å². The van der Waals surface area contributed by atoms with Crippen molar-refractivity contribution in [3.05, 3.63) is 30.8 Å². The van der Waals surface area contributed by atoms with Crippen LogP contribution >= 0.6 is 0 Å². The monoisotopic (exact) mass is 247 g/mol. The van der Waals surface area contributed by atoms with Crippen LogP contribution in [0.3, 0.4) is 0 Å². The summed E-state index contributed by atoms with van der Waals surface area (Å²) in [5, 5.41) is 2.86. The molecule has 1 N–H and O–H groups in total. The van der Waals surface area contributed by atoms with E-state index in [2.05, 4.69) is 15.3 Å². The molecule has 2 aromatic rings. The number of hydrogen-bond acceptors (Lipinski definition) is 6. The molecule has 6 nitrogen and oxygen atoms in total. The molecule has 0 aromatic carbocycles. The van der Waals surface area contributed by atoms with Crippen LogP contribution in [0.5, 0.6) is 0 Å². The first-order valence-corrected chi connectivity index (χ1v) is 5.55. The molecular weight excluding hydrogens is 234 g/mol. The van der Waals surface area contributed by atoms with Gasteiger partial charge in [0, 0.05) is 6.07 Å². The fourth-order valence-corrected chi connectivity index (χ4v) is 1.39. The summed E-state index contributed by atoms with van der Waals surface area (Å²) in [6.45, 7) is 2.20. The Kier molecular flexibility index (Phi) is 3.90. The molecular formula is C12H13N3O3. The molecule has 0 aliphatic heterocycles. The van der Waals surface area contributed by atoms with E-state index in [0.29, 0.717) is 23.9 Å². The highest BCUT2D eigenvalue weighted by Crippen LogP contribution is 2.18. The molecule has 0 bridgehead atoms. The molecule has 2 rings (SSSR count). The predicted molar refractivity (Wildman–Crippen MR) is 64.9 cm³/mol. The third kappa shape index (κ3) is 3.07. The Morgan fingerprint density at radius 3 is 3.11 bits per heavy atom. The van der Waals surface area contributed by atoms with Crippen molar-refractivity contribution in [2.45, 2.75) is 6.92 Å². The van der Waals surface area contributed by atoms with Crippen LogP contribution in [0.25, 0.3) is 11.5 Å². The smallest absolute Gasteiger partial charge is 0.325 e. The quantitative estimate of drug-likeness (QED) is 0.810. The molecule has 0 radical (unpaired) electrons. The Hall–Kier alpha value is -2.37. The van der Waals surface area contributed by atoms with E-state index in [1.807, 2.05) is 0 Å². The van der Waals surface area contributed by atoms with Crippen LogP contribution < -0.4 is 5.32 Å². The first kappa shape index (κ1) is 12.1. The Morgan fingerprint density at radius 2 is 2.39 bits per heavy atom. The molecule has 2 heterocycles. The molecule has 0 atom stereocenters. The fraction of sp³-hybridized carbons (Fsp3) is 0.250.